The van der Waals surface area contributed by atoms with Crippen molar-refractivity contribution in [2.45, 2.75) is 12.5 Å². The maximum atomic E-state index is 13.0. The van der Waals surface area contributed by atoms with Gasteiger partial charge in [0.05, 0.1) is 30.8 Å². The predicted molar refractivity (Wildman–Crippen MR) is 85.4 cm³/mol. The number of H-pyrrole nitrogens is 1. The zero-order valence-electron chi connectivity index (χ0n) is 13.6. The van der Waals surface area contributed by atoms with Crippen molar-refractivity contribution in [1.82, 2.24) is 14.8 Å². The van der Waals surface area contributed by atoms with Crippen molar-refractivity contribution in [1.29, 1.82) is 0 Å². The van der Waals surface area contributed by atoms with E-state index >= 15 is 0 Å². The van der Waals surface area contributed by atoms with Crippen molar-refractivity contribution in [2.24, 2.45) is 11.8 Å². The van der Waals surface area contributed by atoms with Gasteiger partial charge in [-0.15, -0.1) is 0 Å². The second-order valence-corrected chi connectivity index (χ2v) is 6.72. The molecule has 1 aromatic rings. The van der Waals surface area contributed by atoms with Gasteiger partial charge < -0.3 is 24.3 Å². The van der Waals surface area contributed by atoms with Crippen LogP contribution in [0.3, 0.4) is 0 Å². The zero-order valence-corrected chi connectivity index (χ0v) is 13.6. The minimum atomic E-state index is -0.174. The van der Waals surface area contributed by atoms with E-state index in [1.165, 1.54) is 0 Å². The number of likely N-dealkylation sites (tertiary alicyclic amines) is 1. The van der Waals surface area contributed by atoms with Crippen molar-refractivity contribution in [2.75, 3.05) is 46.0 Å². The Bertz CT molecular complexity index is 597. The SMILES string of the molecule is O=C(c1cc[nH]c1)N1C[C@H]2OCC[C@H]2[C@H](C(=O)N2CCOCC2)C1. The number of nitrogens with zero attached hydrogens (tertiary/aromatic N) is 2. The third-order valence-electron chi connectivity index (χ3n) is 5.37. The Hall–Kier alpha value is -1.86. The number of carbonyl (C=O) groups excluding carboxylic acids is 2. The molecule has 0 aromatic carbocycles. The van der Waals surface area contributed by atoms with Gasteiger partial charge >= 0.3 is 0 Å². The number of piperidine rings is 1. The molecule has 24 heavy (non-hydrogen) atoms. The number of fused-ring (bicyclic) bond motifs is 1. The number of amides is 2. The van der Waals surface area contributed by atoms with E-state index in [0.717, 1.165) is 6.42 Å². The number of carbonyl (C=O) groups is 2. The van der Waals surface area contributed by atoms with Gasteiger partial charge in [0.15, 0.2) is 0 Å². The maximum Gasteiger partial charge on any atom is 0.255 e. The molecule has 4 rings (SSSR count). The molecule has 7 heteroatoms. The molecular weight excluding hydrogens is 310 g/mol. The lowest BCUT2D eigenvalue weighted by molar-refractivity contribution is -0.145. The molecule has 0 bridgehead atoms. The summed E-state index contributed by atoms with van der Waals surface area (Å²) in [5.74, 6) is 0.151. The second kappa shape index (κ2) is 6.57. The molecule has 3 aliphatic rings. The van der Waals surface area contributed by atoms with Gasteiger partial charge in [-0.1, -0.05) is 0 Å². The van der Waals surface area contributed by atoms with Gasteiger partial charge in [-0.25, -0.2) is 0 Å². The van der Waals surface area contributed by atoms with Crippen molar-refractivity contribution in [3.05, 3.63) is 24.0 Å². The molecule has 0 spiro atoms. The van der Waals surface area contributed by atoms with Crippen LogP contribution in [0.25, 0.3) is 0 Å². The molecule has 0 radical (unpaired) electrons. The fraction of sp³-hybridized carbons (Fsp3) is 0.647. The van der Waals surface area contributed by atoms with E-state index < -0.39 is 0 Å². The number of ether oxygens (including phenoxy) is 2. The fourth-order valence-electron chi connectivity index (χ4n) is 4.06. The zero-order chi connectivity index (χ0) is 16.5. The fourth-order valence-corrected chi connectivity index (χ4v) is 4.06. The molecule has 0 aliphatic carbocycles. The molecular formula is C17H23N3O4. The molecule has 3 aliphatic heterocycles. The average Bonchev–Trinajstić information content (AvgIpc) is 3.31. The number of hydrogen-bond donors (Lipinski definition) is 1. The van der Waals surface area contributed by atoms with Gasteiger partial charge in [-0.3, -0.25) is 9.59 Å². The largest absolute Gasteiger partial charge is 0.378 e. The molecule has 0 saturated carbocycles. The first kappa shape index (κ1) is 15.7. The number of aromatic amines is 1. The van der Waals surface area contributed by atoms with Crippen LogP contribution in [0.2, 0.25) is 0 Å². The summed E-state index contributed by atoms with van der Waals surface area (Å²) in [6.45, 7) is 4.18. The number of morpholine rings is 1. The first-order valence-corrected chi connectivity index (χ1v) is 8.64. The van der Waals surface area contributed by atoms with Crippen molar-refractivity contribution >= 4 is 11.8 Å². The summed E-state index contributed by atoms with van der Waals surface area (Å²) in [7, 11) is 0. The van der Waals surface area contributed by atoms with Crippen LogP contribution in [-0.2, 0) is 14.3 Å². The third kappa shape index (κ3) is 2.82. The summed E-state index contributed by atoms with van der Waals surface area (Å²) in [6, 6.07) is 1.77. The van der Waals surface area contributed by atoms with Crippen LogP contribution in [0.1, 0.15) is 16.8 Å². The van der Waals surface area contributed by atoms with Crippen LogP contribution >= 0.6 is 0 Å². The minimum absolute atomic E-state index is 0.0309. The number of hydrogen-bond acceptors (Lipinski definition) is 4. The summed E-state index contributed by atoms with van der Waals surface area (Å²) in [6.07, 6.45) is 4.31. The number of nitrogens with one attached hydrogen (secondary N) is 1. The molecule has 3 fully saturated rings. The van der Waals surface area contributed by atoms with E-state index in [2.05, 4.69) is 4.98 Å². The first-order valence-electron chi connectivity index (χ1n) is 8.64. The molecule has 3 saturated heterocycles. The summed E-state index contributed by atoms with van der Waals surface area (Å²) >= 11 is 0. The Labute approximate surface area is 140 Å². The van der Waals surface area contributed by atoms with Crippen LogP contribution < -0.4 is 0 Å². The highest BCUT2D eigenvalue weighted by molar-refractivity contribution is 5.94. The monoisotopic (exact) mass is 333 g/mol. The van der Waals surface area contributed by atoms with E-state index in [1.54, 1.807) is 23.4 Å². The van der Waals surface area contributed by atoms with Crippen LogP contribution in [0.4, 0.5) is 0 Å². The Balaban J connectivity index is 1.53. The highest BCUT2D eigenvalue weighted by Crippen LogP contribution is 2.35. The number of rotatable bonds is 2. The summed E-state index contributed by atoms with van der Waals surface area (Å²) in [5.41, 5.74) is 0.629. The Morgan fingerprint density at radius 1 is 1.12 bits per heavy atom. The van der Waals surface area contributed by atoms with Gasteiger partial charge in [0, 0.05) is 51.1 Å². The van der Waals surface area contributed by atoms with Gasteiger partial charge in [-0.2, -0.15) is 0 Å². The first-order chi connectivity index (χ1) is 11.7. The van der Waals surface area contributed by atoms with E-state index in [4.69, 9.17) is 9.47 Å². The van der Waals surface area contributed by atoms with Gasteiger partial charge in [-0.05, 0) is 12.5 Å². The van der Waals surface area contributed by atoms with Crippen LogP contribution in [0, 0.1) is 11.8 Å². The molecule has 2 amide bonds. The van der Waals surface area contributed by atoms with Gasteiger partial charge in [0.2, 0.25) is 5.91 Å². The van der Waals surface area contributed by atoms with Crippen molar-refractivity contribution in [3.8, 4) is 0 Å². The summed E-state index contributed by atoms with van der Waals surface area (Å²) in [5, 5.41) is 0. The second-order valence-electron chi connectivity index (χ2n) is 6.72. The van der Waals surface area contributed by atoms with E-state index in [-0.39, 0.29) is 29.8 Å². The molecule has 0 unspecified atom stereocenters. The molecule has 1 N–H and O–H groups in total. The highest BCUT2D eigenvalue weighted by Gasteiger charge is 2.46. The van der Waals surface area contributed by atoms with Crippen molar-refractivity contribution in [3.63, 3.8) is 0 Å². The van der Waals surface area contributed by atoms with E-state index in [9.17, 15) is 9.59 Å². The molecule has 4 heterocycles. The quantitative estimate of drug-likeness (QED) is 0.847. The topological polar surface area (TPSA) is 74.9 Å². The van der Waals surface area contributed by atoms with Crippen LogP contribution in [0.15, 0.2) is 18.5 Å². The molecule has 3 atom stereocenters. The molecule has 130 valence electrons. The Morgan fingerprint density at radius 3 is 2.71 bits per heavy atom. The average molecular weight is 333 g/mol. The van der Waals surface area contributed by atoms with E-state index in [0.29, 0.717) is 51.6 Å². The Morgan fingerprint density at radius 2 is 1.96 bits per heavy atom. The normalized spacial score (nSPS) is 30.2. The summed E-state index contributed by atoms with van der Waals surface area (Å²) in [4.78, 5) is 32.3. The summed E-state index contributed by atoms with van der Waals surface area (Å²) < 4.78 is 11.2. The lowest BCUT2D eigenvalue weighted by Gasteiger charge is -2.41. The highest BCUT2D eigenvalue weighted by atomic mass is 16.5. The van der Waals surface area contributed by atoms with Gasteiger partial charge in [0.25, 0.3) is 5.91 Å². The predicted octanol–water partition coefficient (Wildman–Crippen LogP) is 0.351. The lowest BCUT2D eigenvalue weighted by atomic mass is 9.81. The van der Waals surface area contributed by atoms with Crippen molar-refractivity contribution < 1.29 is 19.1 Å². The molecule has 1 aromatic heterocycles. The molecule has 7 nitrogen and oxygen atoms in total. The maximum absolute atomic E-state index is 13.0. The van der Waals surface area contributed by atoms with Crippen LogP contribution in [-0.4, -0.2) is 78.7 Å². The van der Waals surface area contributed by atoms with Crippen LogP contribution in [0.5, 0.6) is 0 Å². The Kier molecular flexibility index (Phi) is 4.28. The lowest BCUT2D eigenvalue weighted by Crippen LogP contribution is -2.56. The standard InChI is InChI=1S/C17H23N3O4/c21-16(12-1-3-18-9-12)20-10-14(13-2-6-24-15(13)11-20)17(22)19-4-7-23-8-5-19/h1,3,9,13-15,18H,2,4-8,10-11H2/t13-,14+,15+/m0/s1. The minimum Gasteiger partial charge on any atom is -0.378 e. The number of aromatic nitrogens is 1. The van der Waals surface area contributed by atoms with Gasteiger partial charge in [0.1, 0.15) is 0 Å². The smallest absolute Gasteiger partial charge is 0.255 e. The van der Waals surface area contributed by atoms with E-state index in [1.807, 2.05) is 4.90 Å². The third-order valence-corrected chi connectivity index (χ3v) is 5.37.